The minimum atomic E-state index is -3.44. The number of aryl methyl sites for hydroxylation is 1. The summed E-state index contributed by atoms with van der Waals surface area (Å²) in [5.41, 5.74) is 0.178. The number of pyridine rings is 1. The monoisotopic (exact) mass is 594 g/mol. The van der Waals surface area contributed by atoms with Gasteiger partial charge >= 0.3 is 5.92 Å². The van der Waals surface area contributed by atoms with Crippen LogP contribution in [0.5, 0.6) is 0 Å². The van der Waals surface area contributed by atoms with Gasteiger partial charge in [-0.2, -0.15) is 8.78 Å². The standard InChI is InChI=1S/C27H34BrF3N4OSi/c1-6-37(7-2,8-3)36-25(18-12-13-18)27(30,31)21-11-9-10-19(24(21)29)16(4)33-26-20-14-23(28)32-15-22(20)34-17(5)35-26/h9-11,14-16,18,25H,6-8,12-13H2,1-5H3,(H,33,34,35)/t16-,25-/m1/s1. The SMILES string of the molecule is CC[Si](CC)(CC)O[C@H](C1CC1)C(F)(F)c1cccc([C@@H](C)Nc2nc(C)nc3cnc(Br)cc23)c1F. The molecule has 0 amide bonds. The van der Waals surface area contributed by atoms with Gasteiger partial charge in [0.05, 0.1) is 23.3 Å². The van der Waals surface area contributed by atoms with Gasteiger partial charge in [0.15, 0.2) is 8.32 Å². The van der Waals surface area contributed by atoms with Gasteiger partial charge in [0.25, 0.3) is 0 Å². The highest BCUT2D eigenvalue weighted by molar-refractivity contribution is 9.10. The summed E-state index contributed by atoms with van der Waals surface area (Å²) in [7, 11) is -2.32. The third-order valence-electron chi connectivity index (χ3n) is 7.59. The molecule has 10 heteroatoms. The van der Waals surface area contributed by atoms with Crippen LogP contribution in [0.25, 0.3) is 10.9 Å². The molecular formula is C27H34BrF3N4OSi. The second-order valence-corrected chi connectivity index (χ2v) is 15.5. The number of halogens is 4. The van der Waals surface area contributed by atoms with E-state index < -0.39 is 37.8 Å². The summed E-state index contributed by atoms with van der Waals surface area (Å²) in [6, 6.07) is 7.67. The minimum Gasteiger partial charge on any atom is -0.407 e. The lowest BCUT2D eigenvalue weighted by Crippen LogP contribution is -2.47. The third kappa shape index (κ3) is 5.71. The molecule has 200 valence electrons. The Balaban J connectivity index is 1.68. The first-order chi connectivity index (χ1) is 17.5. The minimum absolute atomic E-state index is 0.147. The van der Waals surface area contributed by atoms with Crippen LogP contribution in [-0.4, -0.2) is 29.4 Å². The number of hydrogen-bond donors (Lipinski definition) is 1. The summed E-state index contributed by atoms with van der Waals surface area (Å²) >= 11 is 3.36. The van der Waals surface area contributed by atoms with E-state index in [4.69, 9.17) is 4.43 Å². The molecule has 1 N–H and O–H groups in total. The Morgan fingerprint density at radius 2 is 1.84 bits per heavy atom. The summed E-state index contributed by atoms with van der Waals surface area (Å²) in [6.45, 7) is 9.54. The lowest BCUT2D eigenvalue weighted by molar-refractivity contribution is -0.118. The number of nitrogens with zero attached hydrogens (tertiary/aromatic N) is 3. The smallest absolute Gasteiger partial charge is 0.300 e. The van der Waals surface area contributed by atoms with Gasteiger partial charge < -0.3 is 9.74 Å². The predicted octanol–water partition coefficient (Wildman–Crippen LogP) is 8.30. The molecule has 1 aliphatic carbocycles. The highest BCUT2D eigenvalue weighted by Crippen LogP contribution is 2.49. The average molecular weight is 596 g/mol. The first-order valence-corrected chi connectivity index (χ1v) is 16.3. The van der Waals surface area contributed by atoms with E-state index in [1.807, 2.05) is 20.8 Å². The molecule has 0 bridgehead atoms. The molecule has 1 saturated carbocycles. The van der Waals surface area contributed by atoms with Crippen LogP contribution < -0.4 is 5.32 Å². The van der Waals surface area contributed by atoms with Gasteiger partial charge in [0, 0.05) is 10.9 Å². The van der Waals surface area contributed by atoms with Gasteiger partial charge in [-0.25, -0.2) is 19.3 Å². The van der Waals surface area contributed by atoms with Crippen LogP contribution in [0.3, 0.4) is 0 Å². The number of nitrogens with one attached hydrogen (secondary N) is 1. The largest absolute Gasteiger partial charge is 0.407 e. The van der Waals surface area contributed by atoms with Crippen molar-refractivity contribution in [3.05, 3.63) is 57.8 Å². The first kappa shape index (κ1) is 28.0. The van der Waals surface area contributed by atoms with Crippen LogP contribution >= 0.6 is 15.9 Å². The number of aromatic nitrogens is 3. The van der Waals surface area contributed by atoms with Crippen LogP contribution in [0.15, 0.2) is 35.1 Å². The second-order valence-electron chi connectivity index (χ2n) is 9.96. The van der Waals surface area contributed by atoms with Gasteiger partial charge in [-0.15, -0.1) is 0 Å². The van der Waals surface area contributed by atoms with E-state index in [9.17, 15) is 0 Å². The molecule has 1 aliphatic rings. The summed E-state index contributed by atoms with van der Waals surface area (Å²) in [6.07, 6.45) is 1.69. The molecule has 2 heterocycles. The van der Waals surface area contributed by atoms with Crippen molar-refractivity contribution in [3.8, 4) is 0 Å². The van der Waals surface area contributed by atoms with E-state index in [0.717, 1.165) is 18.1 Å². The van der Waals surface area contributed by atoms with E-state index in [1.165, 1.54) is 18.2 Å². The van der Waals surface area contributed by atoms with Crippen molar-refractivity contribution < 1.29 is 17.6 Å². The molecule has 1 aromatic carbocycles. The summed E-state index contributed by atoms with van der Waals surface area (Å²) in [5.74, 6) is -3.58. The van der Waals surface area contributed by atoms with Crippen molar-refractivity contribution in [1.29, 1.82) is 0 Å². The maximum Gasteiger partial charge on any atom is 0.300 e. The van der Waals surface area contributed by atoms with Crippen molar-refractivity contribution in [3.63, 3.8) is 0 Å². The zero-order valence-corrected chi connectivity index (χ0v) is 24.5. The third-order valence-corrected chi connectivity index (χ3v) is 12.6. The van der Waals surface area contributed by atoms with Crippen LogP contribution in [-0.2, 0) is 10.3 Å². The molecule has 0 radical (unpaired) electrons. The van der Waals surface area contributed by atoms with E-state index in [2.05, 4.69) is 36.2 Å². The number of anilines is 1. The normalized spacial score (nSPS) is 16.1. The highest BCUT2D eigenvalue weighted by Gasteiger charge is 2.54. The van der Waals surface area contributed by atoms with Crippen molar-refractivity contribution in [2.45, 2.75) is 83.7 Å². The van der Waals surface area contributed by atoms with Crippen LogP contribution in [0.1, 0.15) is 63.5 Å². The van der Waals surface area contributed by atoms with Crippen LogP contribution in [0.4, 0.5) is 19.0 Å². The Morgan fingerprint density at radius 3 is 2.46 bits per heavy atom. The molecule has 2 atom stereocenters. The molecule has 0 saturated heterocycles. The van der Waals surface area contributed by atoms with Crippen molar-refractivity contribution >= 4 is 41.0 Å². The average Bonchev–Trinajstić information content (AvgIpc) is 3.70. The number of fused-ring (bicyclic) bond motifs is 1. The molecule has 0 spiro atoms. The lowest BCUT2D eigenvalue weighted by Gasteiger charge is -2.37. The number of benzene rings is 1. The molecule has 1 fully saturated rings. The Labute approximate surface area is 225 Å². The van der Waals surface area contributed by atoms with Gasteiger partial charge in [-0.05, 0) is 78.8 Å². The fourth-order valence-electron chi connectivity index (χ4n) is 4.95. The van der Waals surface area contributed by atoms with Gasteiger partial charge in [-0.1, -0.05) is 32.9 Å². The molecule has 4 rings (SSSR count). The Morgan fingerprint density at radius 1 is 1.16 bits per heavy atom. The fraction of sp³-hybridized carbons (Fsp3) is 0.519. The zero-order chi connectivity index (χ0) is 27.0. The number of alkyl halides is 2. The van der Waals surface area contributed by atoms with E-state index in [-0.39, 0.29) is 11.5 Å². The maximum atomic E-state index is 16.1. The van der Waals surface area contributed by atoms with E-state index >= 15 is 13.2 Å². The molecule has 0 unspecified atom stereocenters. The highest BCUT2D eigenvalue weighted by atomic mass is 79.9. The quantitative estimate of drug-likeness (QED) is 0.179. The maximum absolute atomic E-state index is 16.1. The fourth-order valence-corrected chi connectivity index (χ4v) is 8.16. The molecule has 0 aliphatic heterocycles. The van der Waals surface area contributed by atoms with Gasteiger partial charge in [-0.3, -0.25) is 0 Å². The molecular weight excluding hydrogens is 561 g/mol. The second kappa shape index (κ2) is 11.0. The zero-order valence-electron chi connectivity index (χ0n) is 21.9. The summed E-state index contributed by atoms with van der Waals surface area (Å²) in [4.78, 5) is 13.1. The molecule has 5 nitrogen and oxygen atoms in total. The van der Waals surface area contributed by atoms with E-state index in [1.54, 1.807) is 26.1 Å². The van der Waals surface area contributed by atoms with Gasteiger partial charge in [0.1, 0.15) is 28.2 Å². The molecule has 3 aromatic rings. The Hall–Kier alpha value is -2.04. The Kier molecular flexibility index (Phi) is 8.30. The summed E-state index contributed by atoms with van der Waals surface area (Å²) < 4.78 is 55.0. The molecule has 2 aromatic heterocycles. The number of rotatable bonds is 11. The van der Waals surface area contributed by atoms with Crippen LogP contribution in [0, 0.1) is 18.7 Å². The predicted molar refractivity (Wildman–Crippen MR) is 147 cm³/mol. The van der Waals surface area contributed by atoms with Crippen molar-refractivity contribution in [1.82, 2.24) is 15.0 Å². The Bertz CT molecular complexity index is 1260. The number of hydrogen-bond acceptors (Lipinski definition) is 5. The van der Waals surface area contributed by atoms with Crippen molar-refractivity contribution in [2.24, 2.45) is 5.92 Å². The van der Waals surface area contributed by atoms with Gasteiger partial charge in [0.2, 0.25) is 0 Å². The summed E-state index contributed by atoms with van der Waals surface area (Å²) in [5, 5.41) is 3.91. The first-order valence-electron chi connectivity index (χ1n) is 13.0. The van der Waals surface area contributed by atoms with Crippen LogP contribution in [0.2, 0.25) is 18.1 Å². The lowest BCUT2D eigenvalue weighted by atomic mass is 9.95. The van der Waals surface area contributed by atoms with E-state index in [0.29, 0.717) is 40.0 Å². The molecule has 37 heavy (non-hydrogen) atoms. The topological polar surface area (TPSA) is 59.9 Å². The van der Waals surface area contributed by atoms with Crippen molar-refractivity contribution in [2.75, 3.05) is 5.32 Å².